The minimum atomic E-state index is -0.313. The topological polar surface area (TPSA) is 127 Å². The molecule has 2 heterocycles. The van der Waals surface area contributed by atoms with Gasteiger partial charge < -0.3 is 10.9 Å². The SMILES string of the molecule is Cc1nn(C)c(Sc2n[nH]c(=O)n2C)c1C(N)=NO. The lowest BCUT2D eigenvalue weighted by molar-refractivity contribution is 0.318. The van der Waals surface area contributed by atoms with Gasteiger partial charge in [-0.2, -0.15) is 5.10 Å². The van der Waals surface area contributed by atoms with Gasteiger partial charge in [-0.05, 0) is 18.7 Å². The number of aromatic amines is 1. The van der Waals surface area contributed by atoms with Crippen LogP contribution in [0.1, 0.15) is 11.3 Å². The largest absolute Gasteiger partial charge is 0.409 e. The highest BCUT2D eigenvalue weighted by atomic mass is 32.2. The number of amidine groups is 1. The van der Waals surface area contributed by atoms with Gasteiger partial charge >= 0.3 is 5.69 Å². The van der Waals surface area contributed by atoms with Crippen molar-refractivity contribution in [3.05, 3.63) is 21.7 Å². The third-order valence-corrected chi connectivity index (χ3v) is 3.77. The van der Waals surface area contributed by atoms with E-state index >= 15 is 0 Å². The second kappa shape index (κ2) is 4.80. The van der Waals surface area contributed by atoms with E-state index in [9.17, 15) is 4.79 Å². The summed E-state index contributed by atoms with van der Waals surface area (Å²) in [7, 11) is 3.33. The number of aromatic nitrogens is 5. The number of nitrogens with zero attached hydrogens (tertiary/aromatic N) is 5. The highest BCUT2D eigenvalue weighted by Crippen LogP contribution is 2.29. The Morgan fingerprint density at radius 2 is 2.21 bits per heavy atom. The van der Waals surface area contributed by atoms with Crippen molar-refractivity contribution in [1.29, 1.82) is 0 Å². The Morgan fingerprint density at radius 3 is 2.74 bits per heavy atom. The molecule has 9 nitrogen and oxygen atoms in total. The monoisotopic (exact) mass is 283 g/mol. The van der Waals surface area contributed by atoms with Crippen LogP contribution in [0.2, 0.25) is 0 Å². The Kier molecular flexibility index (Phi) is 3.34. The van der Waals surface area contributed by atoms with E-state index < -0.39 is 0 Å². The fourth-order valence-electron chi connectivity index (χ4n) is 1.61. The summed E-state index contributed by atoms with van der Waals surface area (Å²) in [4.78, 5) is 11.3. The molecule has 0 atom stereocenters. The molecule has 102 valence electrons. The highest BCUT2D eigenvalue weighted by Gasteiger charge is 2.20. The standard InChI is InChI=1S/C9H13N7O2S/c1-4-5(6(10)14-18)7(16(3)13-4)19-9-12-11-8(17)15(9)2/h18H,1-3H3,(H2,10,14)(H,11,17). The molecule has 0 aromatic carbocycles. The maximum Gasteiger partial charge on any atom is 0.343 e. The Morgan fingerprint density at radius 1 is 1.53 bits per heavy atom. The van der Waals surface area contributed by atoms with Crippen LogP contribution in [-0.4, -0.2) is 35.6 Å². The Hall–Kier alpha value is -2.23. The Bertz CT molecular complexity index is 696. The minimum absolute atomic E-state index is 0.0337. The third-order valence-electron chi connectivity index (χ3n) is 2.56. The molecule has 0 fully saturated rings. The van der Waals surface area contributed by atoms with Gasteiger partial charge in [0, 0.05) is 14.1 Å². The normalized spacial score (nSPS) is 12.1. The van der Waals surface area contributed by atoms with E-state index in [2.05, 4.69) is 20.5 Å². The van der Waals surface area contributed by atoms with Crippen LogP contribution in [0.3, 0.4) is 0 Å². The average molecular weight is 283 g/mol. The van der Waals surface area contributed by atoms with Gasteiger partial charge in [-0.25, -0.2) is 9.89 Å². The van der Waals surface area contributed by atoms with E-state index in [1.165, 1.54) is 16.3 Å². The summed E-state index contributed by atoms with van der Waals surface area (Å²) >= 11 is 1.20. The van der Waals surface area contributed by atoms with E-state index in [4.69, 9.17) is 10.9 Å². The molecule has 10 heteroatoms. The van der Waals surface area contributed by atoms with Crippen molar-refractivity contribution >= 4 is 17.6 Å². The Balaban J connectivity index is 2.51. The summed E-state index contributed by atoms with van der Waals surface area (Å²) in [5.41, 5.74) is 6.47. The second-order valence-electron chi connectivity index (χ2n) is 3.85. The molecule has 0 spiro atoms. The lowest BCUT2D eigenvalue weighted by Gasteiger charge is -2.04. The molecule has 2 aromatic heterocycles. The van der Waals surface area contributed by atoms with Crippen LogP contribution in [0.5, 0.6) is 0 Å². The van der Waals surface area contributed by atoms with E-state index in [-0.39, 0.29) is 11.5 Å². The Labute approximate surface area is 112 Å². The van der Waals surface area contributed by atoms with Crippen LogP contribution in [0.25, 0.3) is 0 Å². The molecule has 2 aromatic rings. The first kappa shape index (κ1) is 13.2. The number of nitrogens with two attached hydrogens (primary N) is 1. The van der Waals surface area contributed by atoms with Gasteiger partial charge in [0.15, 0.2) is 11.0 Å². The predicted molar refractivity (Wildman–Crippen MR) is 68.4 cm³/mol. The molecule has 0 radical (unpaired) electrons. The highest BCUT2D eigenvalue weighted by molar-refractivity contribution is 7.99. The summed E-state index contributed by atoms with van der Waals surface area (Å²) in [6.07, 6.45) is 0. The fraction of sp³-hybridized carbons (Fsp3) is 0.333. The maximum atomic E-state index is 11.3. The number of oxime groups is 1. The summed E-state index contributed by atoms with van der Waals surface area (Å²) in [5, 5.41) is 23.3. The lowest BCUT2D eigenvalue weighted by Crippen LogP contribution is -2.15. The summed E-state index contributed by atoms with van der Waals surface area (Å²) in [6.45, 7) is 1.75. The molecule has 0 saturated heterocycles. The molecule has 0 saturated carbocycles. The van der Waals surface area contributed by atoms with Crippen LogP contribution in [0, 0.1) is 6.92 Å². The number of H-pyrrole nitrogens is 1. The van der Waals surface area contributed by atoms with Gasteiger partial charge in [0.25, 0.3) is 0 Å². The first-order chi connectivity index (χ1) is 8.95. The molecular weight excluding hydrogens is 270 g/mol. The lowest BCUT2D eigenvalue weighted by atomic mass is 10.2. The van der Waals surface area contributed by atoms with E-state index in [1.807, 2.05) is 0 Å². The first-order valence-electron chi connectivity index (χ1n) is 5.26. The van der Waals surface area contributed by atoms with E-state index in [0.29, 0.717) is 21.4 Å². The van der Waals surface area contributed by atoms with Gasteiger partial charge in [0.1, 0.15) is 5.03 Å². The van der Waals surface area contributed by atoms with Gasteiger partial charge in [-0.3, -0.25) is 9.25 Å². The number of rotatable bonds is 3. The number of hydrogen-bond acceptors (Lipinski definition) is 6. The second-order valence-corrected chi connectivity index (χ2v) is 4.80. The molecule has 2 rings (SSSR count). The van der Waals surface area contributed by atoms with Crippen LogP contribution >= 0.6 is 11.8 Å². The maximum absolute atomic E-state index is 11.3. The predicted octanol–water partition coefficient (Wildman–Crippen LogP) is -0.604. The molecular formula is C9H13N7O2S. The molecule has 19 heavy (non-hydrogen) atoms. The molecule has 0 aliphatic heterocycles. The zero-order chi connectivity index (χ0) is 14.2. The summed E-state index contributed by atoms with van der Waals surface area (Å²) < 4.78 is 2.95. The van der Waals surface area contributed by atoms with Crippen LogP contribution in [-0.2, 0) is 14.1 Å². The molecule has 0 bridgehead atoms. The van der Waals surface area contributed by atoms with Gasteiger partial charge in [0.2, 0.25) is 0 Å². The van der Waals surface area contributed by atoms with E-state index in [1.54, 1.807) is 25.7 Å². The quantitative estimate of drug-likeness (QED) is 0.298. The summed E-state index contributed by atoms with van der Waals surface area (Å²) in [5.74, 6) is -0.0337. The molecule has 0 aliphatic carbocycles. The number of nitrogens with one attached hydrogen (secondary N) is 1. The first-order valence-corrected chi connectivity index (χ1v) is 6.08. The van der Waals surface area contributed by atoms with E-state index in [0.717, 1.165) is 0 Å². The van der Waals surface area contributed by atoms with Gasteiger partial charge in [-0.15, -0.1) is 5.10 Å². The van der Waals surface area contributed by atoms with Crippen molar-refractivity contribution in [2.24, 2.45) is 25.0 Å². The third kappa shape index (κ3) is 2.21. The van der Waals surface area contributed by atoms with Crippen molar-refractivity contribution in [3.8, 4) is 0 Å². The zero-order valence-corrected chi connectivity index (χ0v) is 11.4. The smallest absolute Gasteiger partial charge is 0.343 e. The van der Waals surface area contributed by atoms with Gasteiger partial charge in [-0.1, -0.05) is 5.16 Å². The molecule has 0 amide bonds. The van der Waals surface area contributed by atoms with Crippen LogP contribution in [0.15, 0.2) is 20.1 Å². The van der Waals surface area contributed by atoms with Crippen molar-refractivity contribution < 1.29 is 5.21 Å². The summed E-state index contributed by atoms with van der Waals surface area (Å²) in [6, 6.07) is 0. The molecule has 4 N–H and O–H groups in total. The van der Waals surface area contributed by atoms with Gasteiger partial charge in [0.05, 0.1) is 11.3 Å². The van der Waals surface area contributed by atoms with Crippen LogP contribution in [0.4, 0.5) is 0 Å². The van der Waals surface area contributed by atoms with Crippen LogP contribution < -0.4 is 11.4 Å². The van der Waals surface area contributed by atoms with Crippen molar-refractivity contribution in [1.82, 2.24) is 24.5 Å². The van der Waals surface area contributed by atoms with Crippen molar-refractivity contribution in [2.75, 3.05) is 0 Å². The number of aryl methyl sites for hydroxylation is 2. The molecule has 0 unspecified atom stereocenters. The fourth-order valence-corrected chi connectivity index (χ4v) is 2.62. The minimum Gasteiger partial charge on any atom is -0.409 e. The molecule has 0 aliphatic rings. The van der Waals surface area contributed by atoms with Crippen molar-refractivity contribution in [3.63, 3.8) is 0 Å². The number of hydrogen-bond donors (Lipinski definition) is 3. The van der Waals surface area contributed by atoms with Crippen molar-refractivity contribution in [2.45, 2.75) is 17.1 Å². The zero-order valence-electron chi connectivity index (χ0n) is 10.6. The average Bonchev–Trinajstić information content (AvgIpc) is 2.83.